The summed E-state index contributed by atoms with van der Waals surface area (Å²) >= 11 is 2.30. The molecule has 1 N–H and O–H groups in total. The third-order valence-electron chi connectivity index (χ3n) is 2.98. The average Bonchev–Trinajstić information content (AvgIpc) is 2.46. The molecule has 4 heteroatoms. The standard InChI is InChI=1S/C15H18IN3/c1-2-8-18-14(12-6-4-3-5-7-12)9-15-13(16)10-17-11-19-15/h3-7,10-11,14,18H,2,8-9H2,1H3. The van der Waals surface area contributed by atoms with Gasteiger partial charge in [-0.2, -0.15) is 0 Å². The summed E-state index contributed by atoms with van der Waals surface area (Å²) in [5, 5.41) is 3.60. The summed E-state index contributed by atoms with van der Waals surface area (Å²) in [6, 6.07) is 10.9. The van der Waals surface area contributed by atoms with Crippen LogP contribution in [0.25, 0.3) is 0 Å². The fraction of sp³-hybridized carbons (Fsp3) is 0.333. The van der Waals surface area contributed by atoms with E-state index in [4.69, 9.17) is 0 Å². The van der Waals surface area contributed by atoms with E-state index in [1.54, 1.807) is 6.33 Å². The van der Waals surface area contributed by atoms with Gasteiger partial charge in [0.2, 0.25) is 0 Å². The fourth-order valence-electron chi connectivity index (χ4n) is 1.99. The maximum Gasteiger partial charge on any atom is 0.115 e. The summed E-state index contributed by atoms with van der Waals surface area (Å²) in [4.78, 5) is 8.44. The van der Waals surface area contributed by atoms with Crippen LogP contribution in [0, 0.1) is 3.57 Å². The zero-order valence-electron chi connectivity index (χ0n) is 11.0. The van der Waals surface area contributed by atoms with E-state index in [1.807, 2.05) is 6.20 Å². The molecule has 100 valence electrons. The Morgan fingerprint density at radius 3 is 2.74 bits per heavy atom. The second kappa shape index (κ2) is 7.55. The van der Waals surface area contributed by atoms with Crippen LogP contribution < -0.4 is 5.32 Å². The third-order valence-corrected chi connectivity index (χ3v) is 3.89. The van der Waals surface area contributed by atoms with Gasteiger partial charge in [-0.15, -0.1) is 0 Å². The van der Waals surface area contributed by atoms with Gasteiger partial charge in [-0.1, -0.05) is 37.3 Å². The molecule has 0 saturated heterocycles. The number of hydrogen-bond acceptors (Lipinski definition) is 3. The molecule has 1 aromatic carbocycles. The van der Waals surface area contributed by atoms with Crippen LogP contribution in [0.5, 0.6) is 0 Å². The van der Waals surface area contributed by atoms with Crippen LogP contribution in [0.3, 0.4) is 0 Å². The summed E-state index contributed by atoms with van der Waals surface area (Å²) in [5.74, 6) is 0. The van der Waals surface area contributed by atoms with Crippen molar-refractivity contribution in [1.29, 1.82) is 0 Å². The Bertz CT molecular complexity index is 502. The van der Waals surface area contributed by atoms with Crippen molar-refractivity contribution < 1.29 is 0 Å². The minimum atomic E-state index is 0.310. The lowest BCUT2D eigenvalue weighted by Crippen LogP contribution is -2.24. The first-order valence-corrected chi connectivity index (χ1v) is 7.62. The van der Waals surface area contributed by atoms with Gasteiger partial charge in [-0.3, -0.25) is 0 Å². The maximum absolute atomic E-state index is 4.39. The van der Waals surface area contributed by atoms with Crippen LogP contribution >= 0.6 is 22.6 Å². The van der Waals surface area contributed by atoms with E-state index in [0.717, 1.165) is 28.7 Å². The molecule has 1 unspecified atom stereocenters. The molecule has 0 radical (unpaired) electrons. The van der Waals surface area contributed by atoms with Gasteiger partial charge in [0.1, 0.15) is 6.33 Å². The number of benzene rings is 1. The van der Waals surface area contributed by atoms with Crippen LogP contribution in [-0.4, -0.2) is 16.5 Å². The molecule has 2 aromatic rings. The van der Waals surface area contributed by atoms with E-state index in [2.05, 4.69) is 75.1 Å². The van der Waals surface area contributed by atoms with Gasteiger partial charge >= 0.3 is 0 Å². The van der Waals surface area contributed by atoms with Crippen molar-refractivity contribution in [2.45, 2.75) is 25.8 Å². The Balaban J connectivity index is 2.17. The highest BCUT2D eigenvalue weighted by molar-refractivity contribution is 14.1. The number of nitrogens with one attached hydrogen (secondary N) is 1. The van der Waals surface area contributed by atoms with E-state index >= 15 is 0 Å². The SMILES string of the molecule is CCCNC(Cc1ncncc1I)c1ccccc1. The summed E-state index contributed by atoms with van der Waals surface area (Å²) in [7, 11) is 0. The van der Waals surface area contributed by atoms with Crippen molar-refractivity contribution in [3.8, 4) is 0 Å². The third kappa shape index (κ3) is 4.24. The highest BCUT2D eigenvalue weighted by Gasteiger charge is 2.13. The van der Waals surface area contributed by atoms with Gasteiger partial charge in [0.05, 0.1) is 9.26 Å². The molecule has 0 fully saturated rings. The van der Waals surface area contributed by atoms with Crippen molar-refractivity contribution in [3.05, 3.63) is 57.7 Å². The van der Waals surface area contributed by atoms with Gasteiger partial charge in [-0.05, 0) is 41.1 Å². The smallest absolute Gasteiger partial charge is 0.115 e. The van der Waals surface area contributed by atoms with Crippen molar-refractivity contribution in [3.63, 3.8) is 0 Å². The predicted octanol–water partition coefficient (Wildman–Crippen LogP) is 3.36. The first-order chi connectivity index (χ1) is 9.31. The second-order valence-corrected chi connectivity index (χ2v) is 5.60. The summed E-state index contributed by atoms with van der Waals surface area (Å²) in [6.07, 6.45) is 5.51. The first kappa shape index (κ1) is 14.4. The molecule has 0 amide bonds. The van der Waals surface area contributed by atoms with Gasteiger partial charge in [0.25, 0.3) is 0 Å². The van der Waals surface area contributed by atoms with Crippen molar-refractivity contribution in [2.24, 2.45) is 0 Å². The quantitative estimate of drug-likeness (QED) is 0.796. The number of rotatable bonds is 6. The molecule has 0 aliphatic carbocycles. The number of halogens is 1. The van der Waals surface area contributed by atoms with Gasteiger partial charge in [0, 0.05) is 18.7 Å². The van der Waals surface area contributed by atoms with Crippen LogP contribution in [0.15, 0.2) is 42.9 Å². The van der Waals surface area contributed by atoms with Crippen molar-refractivity contribution in [2.75, 3.05) is 6.54 Å². The number of hydrogen-bond donors (Lipinski definition) is 1. The van der Waals surface area contributed by atoms with E-state index < -0.39 is 0 Å². The predicted molar refractivity (Wildman–Crippen MR) is 85.9 cm³/mol. The highest BCUT2D eigenvalue weighted by atomic mass is 127. The zero-order chi connectivity index (χ0) is 13.5. The lowest BCUT2D eigenvalue weighted by Gasteiger charge is -2.19. The Labute approximate surface area is 128 Å². The Morgan fingerprint density at radius 1 is 1.26 bits per heavy atom. The van der Waals surface area contributed by atoms with E-state index in [1.165, 1.54) is 5.56 Å². The largest absolute Gasteiger partial charge is 0.310 e. The molecule has 3 nitrogen and oxygen atoms in total. The van der Waals surface area contributed by atoms with Crippen molar-refractivity contribution in [1.82, 2.24) is 15.3 Å². The topological polar surface area (TPSA) is 37.8 Å². The lowest BCUT2D eigenvalue weighted by atomic mass is 10.0. The minimum Gasteiger partial charge on any atom is -0.310 e. The van der Waals surface area contributed by atoms with Gasteiger partial charge in [-0.25, -0.2) is 9.97 Å². The summed E-state index contributed by atoms with van der Waals surface area (Å²) < 4.78 is 1.12. The molecule has 1 heterocycles. The summed E-state index contributed by atoms with van der Waals surface area (Å²) in [5.41, 5.74) is 2.42. The number of aromatic nitrogens is 2. The molecule has 0 aliphatic heterocycles. The molecule has 19 heavy (non-hydrogen) atoms. The molecule has 1 atom stereocenters. The normalized spacial score (nSPS) is 12.3. The number of nitrogens with zero attached hydrogens (tertiary/aromatic N) is 2. The highest BCUT2D eigenvalue weighted by Crippen LogP contribution is 2.19. The molecule has 1 aromatic heterocycles. The van der Waals surface area contributed by atoms with Crippen LogP contribution in [0.4, 0.5) is 0 Å². The second-order valence-electron chi connectivity index (χ2n) is 4.44. The average molecular weight is 367 g/mol. The van der Waals surface area contributed by atoms with E-state index in [-0.39, 0.29) is 0 Å². The van der Waals surface area contributed by atoms with Gasteiger partial charge < -0.3 is 5.32 Å². The first-order valence-electron chi connectivity index (χ1n) is 6.54. The zero-order valence-corrected chi connectivity index (χ0v) is 13.2. The monoisotopic (exact) mass is 367 g/mol. The minimum absolute atomic E-state index is 0.310. The van der Waals surface area contributed by atoms with Crippen LogP contribution in [0.2, 0.25) is 0 Å². The van der Waals surface area contributed by atoms with Crippen LogP contribution in [-0.2, 0) is 6.42 Å². The van der Waals surface area contributed by atoms with Crippen molar-refractivity contribution >= 4 is 22.6 Å². The van der Waals surface area contributed by atoms with Gasteiger partial charge in [0.15, 0.2) is 0 Å². The molecular weight excluding hydrogens is 349 g/mol. The maximum atomic E-state index is 4.39. The van der Waals surface area contributed by atoms with Crippen LogP contribution in [0.1, 0.15) is 30.6 Å². The molecule has 0 spiro atoms. The van der Waals surface area contributed by atoms with E-state index in [0.29, 0.717) is 6.04 Å². The van der Waals surface area contributed by atoms with E-state index in [9.17, 15) is 0 Å². The molecule has 0 aliphatic rings. The summed E-state index contributed by atoms with van der Waals surface area (Å²) in [6.45, 7) is 3.20. The molecule has 2 rings (SSSR count). The Kier molecular flexibility index (Phi) is 5.72. The Morgan fingerprint density at radius 2 is 2.05 bits per heavy atom. The molecule has 0 bridgehead atoms. The molecule has 0 saturated carbocycles. The Hall–Kier alpha value is -1.01. The molecular formula is C15H18IN3. The lowest BCUT2D eigenvalue weighted by molar-refractivity contribution is 0.523. The fourth-order valence-corrected chi connectivity index (χ4v) is 2.51.